The molecule has 1 aliphatic carbocycles. The van der Waals surface area contributed by atoms with E-state index < -0.39 is 40.3 Å². The largest absolute Gasteiger partial charge is 0.488 e. The molecule has 1 unspecified atom stereocenters. The second kappa shape index (κ2) is 16.3. The fourth-order valence-corrected chi connectivity index (χ4v) is 11.2. The molecular formula is C48H52F2N8O6. The number of nitrogens with zero attached hydrogens (tertiary/aromatic N) is 5. The number of imide groups is 1. The Kier molecular flexibility index (Phi) is 11.0. The summed E-state index contributed by atoms with van der Waals surface area (Å²) in [6.07, 6.45) is 1.80. The lowest BCUT2D eigenvalue weighted by molar-refractivity contribution is -0.163. The predicted molar refractivity (Wildman–Crippen MR) is 235 cm³/mol. The number of carbonyl (C=O) groups excluding carboxylic acids is 4. The van der Waals surface area contributed by atoms with E-state index in [-0.39, 0.29) is 60.0 Å². The second-order valence-corrected chi connectivity index (χ2v) is 19.1. The molecule has 14 nitrogen and oxygen atoms in total. The van der Waals surface area contributed by atoms with E-state index in [1.165, 1.54) is 23.1 Å². The first-order chi connectivity index (χ1) is 30.5. The van der Waals surface area contributed by atoms with Gasteiger partial charge in [-0.3, -0.25) is 34.2 Å². The van der Waals surface area contributed by atoms with E-state index in [2.05, 4.69) is 31.5 Å². The van der Waals surface area contributed by atoms with E-state index in [0.717, 1.165) is 32.5 Å². The third-order valence-corrected chi connectivity index (χ3v) is 14.3. The lowest BCUT2D eigenvalue weighted by atomic mass is 9.49. The van der Waals surface area contributed by atoms with E-state index >= 15 is 8.78 Å². The Balaban J connectivity index is 0.757. The Morgan fingerprint density at radius 1 is 0.875 bits per heavy atom. The van der Waals surface area contributed by atoms with Crippen LogP contribution in [-0.4, -0.2) is 102 Å². The van der Waals surface area contributed by atoms with Crippen molar-refractivity contribution in [2.45, 2.75) is 78.1 Å². The number of ether oxygens (including phenoxy) is 1. The normalized spacial score (nSPS) is 23.4. The van der Waals surface area contributed by atoms with Crippen LogP contribution in [0.4, 0.5) is 20.2 Å². The average Bonchev–Trinajstić information content (AvgIpc) is 3.60. The van der Waals surface area contributed by atoms with Crippen LogP contribution in [0.15, 0.2) is 59.4 Å². The molecule has 334 valence electrons. The van der Waals surface area contributed by atoms with Gasteiger partial charge in [0.1, 0.15) is 35.6 Å². The SMILES string of the molecule is CC1(C)C(NC(=O)c2ccc(N3CCC(CN4CCN(c5cc(F)c6c(c5)CN(C5CCC(=O)NC5=O)C6=O)CC4)CC3)c(F)c2)C(C)(C)C1Oc1ccc(C#N)c2[nH]c(=O)ccc12. The van der Waals surface area contributed by atoms with Crippen LogP contribution in [0.2, 0.25) is 0 Å². The van der Waals surface area contributed by atoms with E-state index in [0.29, 0.717) is 71.3 Å². The minimum absolute atomic E-state index is 0.00311. The first kappa shape index (κ1) is 42.9. The number of anilines is 2. The van der Waals surface area contributed by atoms with Crippen molar-refractivity contribution in [1.82, 2.24) is 25.4 Å². The number of benzene rings is 3. The Hall–Kier alpha value is -6.34. The standard InChI is InChI=1S/C48H52F2N8O6/c1-47(2)45(48(3,4)46(47)64-37-10-6-29(24-51)41-32(37)7-11-38(59)52-41)54-42(61)28-5-8-35(33(49)22-28)57-15-13-27(14-16-57)25-55-17-19-56(20-18-55)31-21-30-26-58(44(63)40(30)34(50)23-31)36-9-12-39(60)53-43(36)62/h5-8,10-11,21-23,27,36,45-46H,9,12-20,25-26H2,1-4H3,(H,52,59)(H,54,61)(H,53,60,62). The van der Waals surface area contributed by atoms with Crippen LogP contribution in [-0.2, 0) is 16.1 Å². The Bertz CT molecular complexity index is 2660. The summed E-state index contributed by atoms with van der Waals surface area (Å²) in [7, 11) is 0. The van der Waals surface area contributed by atoms with Crippen LogP contribution in [0, 0.1) is 39.7 Å². The lowest BCUT2D eigenvalue weighted by Gasteiger charge is -2.63. The van der Waals surface area contributed by atoms with Crippen LogP contribution in [0.3, 0.4) is 0 Å². The van der Waals surface area contributed by atoms with Gasteiger partial charge in [0.25, 0.3) is 11.8 Å². The van der Waals surface area contributed by atoms with Gasteiger partial charge in [0.15, 0.2) is 0 Å². The summed E-state index contributed by atoms with van der Waals surface area (Å²) >= 11 is 0. The number of hydrogen-bond acceptors (Lipinski definition) is 10. The molecule has 4 aromatic rings. The number of piperazine rings is 1. The number of carbonyl (C=O) groups is 4. The Morgan fingerprint density at radius 3 is 2.30 bits per heavy atom. The third-order valence-electron chi connectivity index (χ3n) is 14.3. The van der Waals surface area contributed by atoms with Crippen molar-refractivity contribution in [3.63, 3.8) is 0 Å². The van der Waals surface area contributed by atoms with Gasteiger partial charge in [0, 0.05) is 98.4 Å². The summed E-state index contributed by atoms with van der Waals surface area (Å²) in [5.41, 5.74) is 1.35. The van der Waals surface area contributed by atoms with E-state index in [4.69, 9.17) is 4.74 Å². The zero-order chi connectivity index (χ0) is 45.2. The van der Waals surface area contributed by atoms with Crippen molar-refractivity contribution in [3.05, 3.63) is 98.8 Å². The monoisotopic (exact) mass is 874 g/mol. The summed E-state index contributed by atoms with van der Waals surface area (Å²) in [6, 6.07) is 15.3. The van der Waals surface area contributed by atoms with Gasteiger partial charge >= 0.3 is 0 Å². The molecule has 9 rings (SSSR count). The number of piperidine rings is 2. The number of nitrogens with one attached hydrogen (secondary N) is 3. The fraction of sp³-hybridized carbons (Fsp3) is 0.458. The molecular weight excluding hydrogens is 823 g/mol. The molecule has 0 bridgehead atoms. The number of halogens is 2. The molecule has 16 heteroatoms. The molecule has 0 spiro atoms. The molecule has 4 fully saturated rings. The number of fused-ring (bicyclic) bond motifs is 2. The number of rotatable bonds is 9. The number of nitriles is 1. The first-order valence-electron chi connectivity index (χ1n) is 22.1. The van der Waals surface area contributed by atoms with Crippen LogP contribution in [0.1, 0.15) is 85.2 Å². The van der Waals surface area contributed by atoms with Crippen LogP contribution >= 0.6 is 0 Å². The second-order valence-electron chi connectivity index (χ2n) is 19.1. The molecule has 1 aromatic heterocycles. The van der Waals surface area contributed by atoms with E-state index in [1.54, 1.807) is 30.3 Å². The Labute approximate surface area is 369 Å². The summed E-state index contributed by atoms with van der Waals surface area (Å²) in [6.45, 7) is 13.4. The number of pyridine rings is 1. The zero-order valence-electron chi connectivity index (χ0n) is 36.4. The van der Waals surface area contributed by atoms with Crippen LogP contribution in [0.25, 0.3) is 10.9 Å². The van der Waals surface area contributed by atoms with Crippen LogP contribution < -0.4 is 30.7 Å². The van der Waals surface area contributed by atoms with Gasteiger partial charge in [-0.2, -0.15) is 5.26 Å². The minimum atomic E-state index is -0.799. The highest BCUT2D eigenvalue weighted by Gasteiger charge is 2.64. The molecule has 64 heavy (non-hydrogen) atoms. The maximum absolute atomic E-state index is 15.8. The predicted octanol–water partition coefficient (Wildman–Crippen LogP) is 5.09. The number of hydrogen-bond donors (Lipinski definition) is 3. The molecule has 0 radical (unpaired) electrons. The molecule has 4 aliphatic heterocycles. The molecule has 1 atom stereocenters. The minimum Gasteiger partial charge on any atom is -0.488 e. The quantitative estimate of drug-likeness (QED) is 0.193. The van der Waals surface area contributed by atoms with Gasteiger partial charge in [-0.1, -0.05) is 27.7 Å². The van der Waals surface area contributed by atoms with Crippen molar-refractivity contribution < 1.29 is 32.7 Å². The van der Waals surface area contributed by atoms with Crippen molar-refractivity contribution >= 4 is 45.9 Å². The topological polar surface area (TPSA) is 171 Å². The average molecular weight is 875 g/mol. The highest BCUT2D eigenvalue weighted by molar-refractivity contribution is 6.05. The van der Waals surface area contributed by atoms with Gasteiger partial charge in [0.2, 0.25) is 17.4 Å². The Morgan fingerprint density at radius 2 is 1.61 bits per heavy atom. The maximum atomic E-state index is 15.8. The van der Waals surface area contributed by atoms with Gasteiger partial charge in [-0.25, -0.2) is 8.78 Å². The molecule has 5 heterocycles. The highest BCUT2D eigenvalue weighted by Crippen LogP contribution is 2.56. The molecule has 3 N–H and O–H groups in total. The summed E-state index contributed by atoms with van der Waals surface area (Å²) in [4.78, 5) is 73.6. The van der Waals surface area contributed by atoms with E-state index in [9.17, 15) is 29.2 Å². The number of H-pyrrole nitrogens is 1. The lowest BCUT2D eigenvalue weighted by Crippen LogP contribution is -2.74. The molecule has 3 aromatic carbocycles. The molecule has 4 amide bonds. The molecule has 1 saturated carbocycles. The zero-order valence-corrected chi connectivity index (χ0v) is 36.4. The number of aromatic nitrogens is 1. The summed E-state index contributed by atoms with van der Waals surface area (Å²) in [5, 5.41) is 15.6. The van der Waals surface area contributed by atoms with Crippen molar-refractivity contribution in [3.8, 4) is 11.8 Å². The van der Waals surface area contributed by atoms with Crippen molar-refractivity contribution in [2.75, 3.05) is 55.6 Å². The summed E-state index contributed by atoms with van der Waals surface area (Å²) in [5.74, 6) is -1.88. The van der Waals surface area contributed by atoms with Gasteiger partial charge in [0.05, 0.1) is 22.3 Å². The smallest absolute Gasteiger partial charge is 0.258 e. The van der Waals surface area contributed by atoms with Gasteiger partial charge in [-0.05, 0) is 79.3 Å². The van der Waals surface area contributed by atoms with E-state index in [1.807, 2.05) is 38.7 Å². The summed E-state index contributed by atoms with van der Waals surface area (Å²) < 4.78 is 37.8. The van der Waals surface area contributed by atoms with Gasteiger partial charge < -0.3 is 29.7 Å². The molecule has 3 saturated heterocycles. The first-order valence-corrected chi connectivity index (χ1v) is 22.1. The molecule has 5 aliphatic rings. The van der Waals surface area contributed by atoms with Gasteiger partial charge in [-0.15, -0.1) is 0 Å². The van der Waals surface area contributed by atoms with Crippen molar-refractivity contribution in [1.29, 1.82) is 5.26 Å². The van der Waals surface area contributed by atoms with Crippen molar-refractivity contribution in [2.24, 2.45) is 16.7 Å². The highest BCUT2D eigenvalue weighted by atomic mass is 19.1. The fourth-order valence-electron chi connectivity index (χ4n) is 11.2. The third kappa shape index (κ3) is 7.63. The number of amides is 4. The van der Waals surface area contributed by atoms with Crippen LogP contribution in [0.5, 0.6) is 5.75 Å². The maximum Gasteiger partial charge on any atom is 0.258 e. The number of aromatic amines is 1.